The summed E-state index contributed by atoms with van der Waals surface area (Å²) >= 11 is 0. The molecule has 2 rings (SSSR count). The fraction of sp³-hybridized carbons (Fsp3) is 0.400. The number of hydrogen-bond acceptors (Lipinski definition) is 4. The summed E-state index contributed by atoms with van der Waals surface area (Å²) in [6, 6.07) is 0. The zero-order valence-corrected chi connectivity index (χ0v) is 9.91. The van der Waals surface area contributed by atoms with Gasteiger partial charge in [-0.05, 0) is 17.6 Å². The van der Waals surface area contributed by atoms with Crippen LogP contribution in [0.25, 0.3) is 0 Å². The molecule has 0 spiro atoms. The van der Waals surface area contributed by atoms with Gasteiger partial charge in [-0.3, -0.25) is 14.5 Å². The Kier molecular flexibility index (Phi) is 7.29. The largest absolute Gasteiger partial charge is 0.254 e. The van der Waals surface area contributed by atoms with E-state index in [9.17, 15) is 0 Å². The Morgan fingerprint density at radius 1 is 0.933 bits per heavy atom. The number of rotatable bonds is 3. The van der Waals surface area contributed by atoms with Gasteiger partial charge in [0.15, 0.2) is 0 Å². The van der Waals surface area contributed by atoms with E-state index in [1.807, 2.05) is 0 Å². The van der Waals surface area contributed by atoms with E-state index in [-0.39, 0.29) is 12.4 Å². The standard InChI is InChI=1S/C7H6.C3H9NO3.ClH/c1-2-7-4-3-6(1)5-7;1-5-4(6-2)7-3;/h1-4H,5H2;1-3H3;1H. The topological polar surface area (TPSA) is 30.9 Å². The molecule has 0 fully saturated rings. The molecule has 5 heteroatoms. The zero-order valence-electron chi connectivity index (χ0n) is 9.10. The fourth-order valence-electron chi connectivity index (χ4n) is 1.23. The minimum Gasteiger partial charge on any atom is -0.254 e. The molecule has 0 unspecified atom stereocenters. The molecule has 0 saturated carbocycles. The number of allylic oxidation sites excluding steroid dienone is 6. The van der Waals surface area contributed by atoms with Crippen molar-refractivity contribution >= 4 is 12.4 Å². The van der Waals surface area contributed by atoms with Crippen LogP contribution in [0.2, 0.25) is 0 Å². The lowest BCUT2D eigenvalue weighted by atomic mass is 10.3. The number of halogens is 1. The van der Waals surface area contributed by atoms with Gasteiger partial charge in [0.05, 0.1) is 26.7 Å². The predicted molar refractivity (Wildman–Crippen MR) is 60.0 cm³/mol. The minimum atomic E-state index is 0. The van der Waals surface area contributed by atoms with Crippen LogP contribution in [-0.4, -0.2) is 26.7 Å². The third kappa shape index (κ3) is 4.59. The van der Waals surface area contributed by atoms with Crippen molar-refractivity contribution < 1.29 is 14.5 Å². The Hall–Kier alpha value is -0.650. The molecule has 0 atom stereocenters. The van der Waals surface area contributed by atoms with Crippen LogP contribution in [0.15, 0.2) is 35.5 Å². The zero-order chi connectivity index (χ0) is 10.4. The highest BCUT2D eigenvalue weighted by molar-refractivity contribution is 5.85. The molecule has 15 heavy (non-hydrogen) atoms. The van der Waals surface area contributed by atoms with Crippen LogP contribution in [0.1, 0.15) is 6.42 Å². The van der Waals surface area contributed by atoms with Crippen molar-refractivity contribution in [3.05, 3.63) is 35.5 Å². The van der Waals surface area contributed by atoms with E-state index >= 15 is 0 Å². The first-order chi connectivity index (χ1) is 6.80. The van der Waals surface area contributed by atoms with E-state index in [0.717, 1.165) is 5.39 Å². The van der Waals surface area contributed by atoms with Crippen molar-refractivity contribution in [3.8, 4) is 0 Å². The van der Waals surface area contributed by atoms with E-state index < -0.39 is 0 Å². The molecule has 0 saturated heterocycles. The van der Waals surface area contributed by atoms with Gasteiger partial charge in [0.2, 0.25) is 0 Å². The molecule has 0 N–H and O–H groups in total. The molecule has 86 valence electrons. The lowest BCUT2D eigenvalue weighted by Gasteiger charge is -2.10. The van der Waals surface area contributed by atoms with Crippen molar-refractivity contribution in [3.63, 3.8) is 0 Å². The van der Waals surface area contributed by atoms with Gasteiger partial charge in [-0.15, -0.1) is 12.4 Å². The molecule has 0 aromatic rings. The number of nitrogens with zero attached hydrogens (tertiary/aromatic N) is 1. The highest BCUT2D eigenvalue weighted by Crippen LogP contribution is 2.27. The van der Waals surface area contributed by atoms with Crippen LogP contribution in [0.3, 0.4) is 0 Å². The van der Waals surface area contributed by atoms with Gasteiger partial charge in [0, 0.05) is 0 Å². The Morgan fingerprint density at radius 2 is 1.33 bits per heavy atom. The fourth-order valence-corrected chi connectivity index (χ4v) is 1.23. The molecule has 4 nitrogen and oxygen atoms in total. The first-order valence-corrected chi connectivity index (χ1v) is 4.30. The third-order valence-corrected chi connectivity index (χ3v) is 1.88. The van der Waals surface area contributed by atoms with Crippen LogP contribution < -0.4 is 0 Å². The first kappa shape index (κ1) is 14.3. The SMILES string of the molecule is C1=CC2=CC=C1C2.CON(OC)OC.Cl. The lowest BCUT2D eigenvalue weighted by Crippen LogP contribution is -2.18. The summed E-state index contributed by atoms with van der Waals surface area (Å²) in [4.78, 5) is 13.3. The minimum absolute atomic E-state index is 0. The van der Waals surface area contributed by atoms with Crippen LogP contribution in [0, 0.1) is 0 Å². The molecule has 0 aromatic carbocycles. The predicted octanol–water partition coefficient (Wildman–Crippen LogP) is 2.21. The van der Waals surface area contributed by atoms with E-state index in [1.54, 1.807) is 0 Å². The highest BCUT2D eigenvalue weighted by atomic mass is 35.5. The van der Waals surface area contributed by atoms with Gasteiger partial charge in [0.25, 0.3) is 0 Å². The normalized spacial score (nSPS) is 15.5. The Bertz CT molecular complexity index is 244. The summed E-state index contributed by atoms with van der Waals surface area (Å²) in [5.41, 5.74) is 2.94. The maximum Gasteiger partial charge on any atom is 0.0758 e. The second-order valence-electron chi connectivity index (χ2n) is 2.76. The van der Waals surface area contributed by atoms with Gasteiger partial charge in [-0.2, -0.15) is 0 Å². The molecule has 2 bridgehead atoms. The second-order valence-corrected chi connectivity index (χ2v) is 2.76. The Morgan fingerprint density at radius 3 is 1.40 bits per heavy atom. The smallest absolute Gasteiger partial charge is 0.0758 e. The van der Waals surface area contributed by atoms with Gasteiger partial charge in [-0.1, -0.05) is 24.3 Å². The molecule has 0 heterocycles. The van der Waals surface area contributed by atoms with Gasteiger partial charge >= 0.3 is 0 Å². The van der Waals surface area contributed by atoms with Crippen LogP contribution in [0.5, 0.6) is 0 Å². The molecular weight excluding hydrogens is 218 g/mol. The highest BCUT2D eigenvalue weighted by Gasteiger charge is 2.07. The molecule has 0 aliphatic heterocycles. The maximum absolute atomic E-state index is 4.44. The van der Waals surface area contributed by atoms with Crippen LogP contribution in [0.4, 0.5) is 0 Å². The summed E-state index contributed by atoms with van der Waals surface area (Å²) in [7, 11) is 4.31. The van der Waals surface area contributed by atoms with Crippen molar-refractivity contribution in [2.75, 3.05) is 21.3 Å². The van der Waals surface area contributed by atoms with Gasteiger partial charge in [-0.25, -0.2) is 0 Å². The first-order valence-electron chi connectivity index (χ1n) is 4.30. The maximum atomic E-state index is 4.44. The summed E-state index contributed by atoms with van der Waals surface area (Å²) in [5.74, 6) is 0. The molecule has 2 aliphatic carbocycles. The average Bonchev–Trinajstić information content (AvgIpc) is 2.85. The number of hydrogen-bond donors (Lipinski definition) is 0. The third-order valence-electron chi connectivity index (χ3n) is 1.88. The van der Waals surface area contributed by atoms with E-state index in [0.29, 0.717) is 0 Å². The van der Waals surface area contributed by atoms with E-state index in [4.69, 9.17) is 0 Å². The van der Waals surface area contributed by atoms with Crippen LogP contribution >= 0.6 is 12.4 Å². The molecule has 0 aromatic heterocycles. The monoisotopic (exact) mass is 233 g/mol. The Balaban J connectivity index is 0.000000245. The van der Waals surface area contributed by atoms with Crippen molar-refractivity contribution in [1.29, 1.82) is 0 Å². The van der Waals surface area contributed by atoms with Gasteiger partial charge < -0.3 is 0 Å². The lowest BCUT2D eigenvalue weighted by molar-refractivity contribution is -0.502. The van der Waals surface area contributed by atoms with Gasteiger partial charge in [0.1, 0.15) is 0 Å². The van der Waals surface area contributed by atoms with Crippen molar-refractivity contribution in [2.45, 2.75) is 6.42 Å². The summed E-state index contributed by atoms with van der Waals surface area (Å²) in [6.07, 6.45) is 9.90. The van der Waals surface area contributed by atoms with E-state index in [1.165, 1.54) is 38.9 Å². The van der Waals surface area contributed by atoms with Crippen LogP contribution in [-0.2, 0) is 14.5 Å². The molecule has 0 radical (unpaired) electrons. The molecular formula is C10H16ClNO3. The summed E-state index contributed by atoms with van der Waals surface area (Å²) in [6.45, 7) is 0. The average molecular weight is 234 g/mol. The molecule has 2 aliphatic rings. The summed E-state index contributed by atoms with van der Waals surface area (Å²) in [5, 5.41) is 0.875. The summed E-state index contributed by atoms with van der Waals surface area (Å²) < 4.78 is 0. The molecule has 0 amide bonds. The quantitative estimate of drug-likeness (QED) is 0.700. The Labute approximate surface area is 96.1 Å². The second kappa shape index (κ2) is 7.62. The number of fused-ring (bicyclic) bond motifs is 2. The van der Waals surface area contributed by atoms with Crippen molar-refractivity contribution in [2.24, 2.45) is 0 Å². The van der Waals surface area contributed by atoms with E-state index in [2.05, 4.69) is 38.8 Å². The van der Waals surface area contributed by atoms with Crippen molar-refractivity contribution in [1.82, 2.24) is 5.39 Å².